The van der Waals surface area contributed by atoms with E-state index in [9.17, 15) is 0 Å². The van der Waals surface area contributed by atoms with Crippen molar-refractivity contribution in [1.29, 1.82) is 0 Å². The summed E-state index contributed by atoms with van der Waals surface area (Å²) < 4.78 is 7.27. The van der Waals surface area contributed by atoms with Crippen LogP contribution in [0.1, 0.15) is 39.3 Å². The van der Waals surface area contributed by atoms with E-state index in [-0.39, 0.29) is 5.54 Å². The fourth-order valence-corrected chi connectivity index (χ4v) is 2.04. The molecule has 1 atom stereocenters. The fraction of sp³-hybridized carbons (Fsp3) is 0.846. The van der Waals surface area contributed by atoms with Crippen LogP contribution in [-0.4, -0.2) is 34.8 Å². The van der Waals surface area contributed by atoms with E-state index >= 15 is 0 Å². The Hall–Kier alpha value is -0.940. The van der Waals surface area contributed by atoms with Gasteiger partial charge < -0.3 is 10.1 Å². The summed E-state index contributed by atoms with van der Waals surface area (Å²) >= 11 is 0. The van der Waals surface area contributed by atoms with Crippen molar-refractivity contribution < 1.29 is 4.74 Å². The van der Waals surface area contributed by atoms with E-state index in [0.29, 0.717) is 0 Å². The third kappa shape index (κ3) is 3.78. The van der Waals surface area contributed by atoms with Gasteiger partial charge in [0, 0.05) is 19.8 Å². The molecule has 0 amide bonds. The average molecular weight is 252 g/mol. The highest BCUT2D eigenvalue weighted by atomic mass is 16.5. The van der Waals surface area contributed by atoms with Gasteiger partial charge in [0.15, 0.2) is 0 Å². The molecule has 102 valence electrons. The molecule has 0 aromatic carbocycles. The molecule has 1 fully saturated rings. The number of nitrogens with one attached hydrogen (secondary N) is 1. The second-order valence-corrected chi connectivity index (χ2v) is 6.02. The van der Waals surface area contributed by atoms with Gasteiger partial charge in [0.05, 0.1) is 17.4 Å². The maximum Gasteiger partial charge on any atom is 0.0965 e. The molecule has 1 unspecified atom stereocenters. The van der Waals surface area contributed by atoms with E-state index in [0.717, 1.165) is 37.9 Å². The summed E-state index contributed by atoms with van der Waals surface area (Å²) in [5.41, 5.74) is 1.01. The van der Waals surface area contributed by atoms with Crippen LogP contribution in [0.3, 0.4) is 0 Å². The van der Waals surface area contributed by atoms with E-state index in [2.05, 4.69) is 36.4 Å². The summed E-state index contributed by atoms with van der Waals surface area (Å²) in [5, 5.41) is 11.8. The molecule has 5 nitrogen and oxygen atoms in total. The van der Waals surface area contributed by atoms with Crippen molar-refractivity contribution in [3.8, 4) is 0 Å². The minimum atomic E-state index is 0.00639. The van der Waals surface area contributed by atoms with Crippen LogP contribution < -0.4 is 5.32 Å². The number of rotatable bonds is 5. The first kappa shape index (κ1) is 13.5. The summed E-state index contributed by atoms with van der Waals surface area (Å²) in [4.78, 5) is 0. The Kier molecular flexibility index (Phi) is 4.35. The van der Waals surface area contributed by atoms with Crippen LogP contribution >= 0.6 is 0 Å². The third-order valence-electron chi connectivity index (χ3n) is 3.29. The topological polar surface area (TPSA) is 52.0 Å². The highest BCUT2D eigenvalue weighted by Gasteiger charge is 2.16. The van der Waals surface area contributed by atoms with Crippen molar-refractivity contribution in [1.82, 2.24) is 20.3 Å². The van der Waals surface area contributed by atoms with Crippen LogP contribution in [0.15, 0.2) is 6.20 Å². The first-order chi connectivity index (χ1) is 8.55. The molecule has 0 spiro atoms. The van der Waals surface area contributed by atoms with Gasteiger partial charge in [-0.25, -0.2) is 4.68 Å². The third-order valence-corrected chi connectivity index (χ3v) is 3.29. The molecule has 1 saturated heterocycles. The standard InChI is InChI=1S/C13H24N4O/c1-13(2,3)17-9-12(15-16-17)8-14-6-4-11-5-7-18-10-11/h9,11,14H,4-8,10H2,1-3H3. The van der Waals surface area contributed by atoms with Crippen molar-refractivity contribution in [3.63, 3.8) is 0 Å². The molecule has 2 rings (SSSR count). The second-order valence-electron chi connectivity index (χ2n) is 6.02. The molecular weight excluding hydrogens is 228 g/mol. The zero-order valence-corrected chi connectivity index (χ0v) is 11.6. The fourth-order valence-electron chi connectivity index (χ4n) is 2.04. The van der Waals surface area contributed by atoms with E-state index in [1.807, 2.05) is 10.9 Å². The lowest BCUT2D eigenvalue weighted by atomic mass is 10.1. The first-order valence-electron chi connectivity index (χ1n) is 6.76. The quantitative estimate of drug-likeness (QED) is 0.808. The Morgan fingerprint density at radius 3 is 2.94 bits per heavy atom. The largest absolute Gasteiger partial charge is 0.381 e. The smallest absolute Gasteiger partial charge is 0.0965 e. The summed E-state index contributed by atoms with van der Waals surface area (Å²) in [6.07, 6.45) is 4.42. The van der Waals surface area contributed by atoms with E-state index in [1.165, 1.54) is 12.8 Å². The van der Waals surface area contributed by atoms with Gasteiger partial charge >= 0.3 is 0 Å². The summed E-state index contributed by atoms with van der Waals surface area (Å²) in [5.74, 6) is 0.739. The normalized spacial score (nSPS) is 20.5. The maximum absolute atomic E-state index is 5.36. The minimum absolute atomic E-state index is 0.00639. The molecule has 1 aromatic heterocycles. The minimum Gasteiger partial charge on any atom is -0.381 e. The van der Waals surface area contributed by atoms with Gasteiger partial charge in [-0.2, -0.15) is 0 Å². The monoisotopic (exact) mass is 252 g/mol. The zero-order chi connectivity index (χ0) is 13.0. The Labute approximate surface area is 109 Å². The van der Waals surface area contributed by atoms with Gasteiger partial charge in [-0.1, -0.05) is 5.21 Å². The molecular formula is C13H24N4O. The van der Waals surface area contributed by atoms with Gasteiger partial charge in [-0.05, 0) is 46.1 Å². The molecule has 1 N–H and O–H groups in total. The van der Waals surface area contributed by atoms with Gasteiger partial charge in [-0.15, -0.1) is 5.10 Å². The number of ether oxygens (including phenoxy) is 1. The van der Waals surface area contributed by atoms with Crippen LogP contribution in [0.5, 0.6) is 0 Å². The summed E-state index contributed by atoms with van der Waals surface area (Å²) in [6.45, 7) is 10.1. The van der Waals surface area contributed by atoms with Gasteiger partial charge in [-0.3, -0.25) is 0 Å². The van der Waals surface area contributed by atoms with Crippen LogP contribution in [0.2, 0.25) is 0 Å². The number of hydrogen-bond donors (Lipinski definition) is 1. The van der Waals surface area contributed by atoms with Gasteiger partial charge in [0.2, 0.25) is 0 Å². The van der Waals surface area contributed by atoms with E-state index in [1.54, 1.807) is 0 Å². The molecule has 0 aliphatic carbocycles. The highest BCUT2D eigenvalue weighted by molar-refractivity contribution is 4.94. The Balaban J connectivity index is 1.68. The lowest BCUT2D eigenvalue weighted by Gasteiger charge is -2.17. The Morgan fingerprint density at radius 2 is 2.33 bits per heavy atom. The number of nitrogens with zero attached hydrogens (tertiary/aromatic N) is 3. The van der Waals surface area contributed by atoms with Crippen LogP contribution in [0.25, 0.3) is 0 Å². The zero-order valence-electron chi connectivity index (χ0n) is 11.6. The Bertz CT molecular complexity index is 363. The number of hydrogen-bond acceptors (Lipinski definition) is 4. The Morgan fingerprint density at radius 1 is 1.50 bits per heavy atom. The van der Waals surface area contributed by atoms with Crippen molar-refractivity contribution in [3.05, 3.63) is 11.9 Å². The van der Waals surface area contributed by atoms with Crippen molar-refractivity contribution in [2.24, 2.45) is 5.92 Å². The highest BCUT2D eigenvalue weighted by Crippen LogP contribution is 2.15. The van der Waals surface area contributed by atoms with Crippen molar-refractivity contribution in [2.75, 3.05) is 19.8 Å². The lowest BCUT2D eigenvalue weighted by Crippen LogP contribution is -2.22. The molecule has 18 heavy (non-hydrogen) atoms. The molecule has 2 heterocycles. The van der Waals surface area contributed by atoms with Crippen LogP contribution in [0.4, 0.5) is 0 Å². The molecule has 5 heteroatoms. The predicted molar refractivity (Wildman–Crippen MR) is 70.3 cm³/mol. The van der Waals surface area contributed by atoms with E-state index < -0.39 is 0 Å². The molecule has 0 radical (unpaired) electrons. The van der Waals surface area contributed by atoms with Crippen molar-refractivity contribution in [2.45, 2.75) is 45.7 Å². The summed E-state index contributed by atoms with van der Waals surface area (Å²) in [6, 6.07) is 0. The molecule has 0 bridgehead atoms. The van der Waals surface area contributed by atoms with Crippen LogP contribution in [-0.2, 0) is 16.8 Å². The average Bonchev–Trinajstić information content (AvgIpc) is 2.95. The van der Waals surface area contributed by atoms with Gasteiger partial charge in [0.1, 0.15) is 0 Å². The predicted octanol–water partition coefficient (Wildman–Crippen LogP) is 1.55. The summed E-state index contributed by atoms with van der Waals surface area (Å²) in [7, 11) is 0. The number of aromatic nitrogens is 3. The van der Waals surface area contributed by atoms with Gasteiger partial charge in [0.25, 0.3) is 0 Å². The molecule has 0 saturated carbocycles. The molecule has 1 aliphatic heterocycles. The second kappa shape index (κ2) is 5.80. The van der Waals surface area contributed by atoms with E-state index in [4.69, 9.17) is 4.74 Å². The van der Waals surface area contributed by atoms with Crippen LogP contribution in [0, 0.1) is 5.92 Å². The van der Waals surface area contributed by atoms with Crippen molar-refractivity contribution >= 4 is 0 Å². The SMILES string of the molecule is CC(C)(C)n1cc(CNCCC2CCOC2)nn1. The molecule has 1 aliphatic rings. The first-order valence-corrected chi connectivity index (χ1v) is 6.76. The molecule has 1 aromatic rings. The maximum atomic E-state index is 5.36. The lowest BCUT2D eigenvalue weighted by molar-refractivity contribution is 0.184.